The second kappa shape index (κ2) is 6.36. The highest BCUT2D eigenvalue weighted by atomic mass is 79.9. The molecule has 0 aliphatic rings. The summed E-state index contributed by atoms with van der Waals surface area (Å²) in [5, 5.41) is 0.0989. The van der Waals surface area contributed by atoms with E-state index in [1.54, 1.807) is 6.92 Å². The van der Waals surface area contributed by atoms with Gasteiger partial charge in [-0.1, -0.05) is 45.7 Å². The molecule has 2 aromatic carbocycles. The standard InChI is InChI=1S/C14H14BrClN2O2S/c1-9(11-4-2-3-5-12(11)15)18-21(19,20)14-7-6-10(17)8-13(14)16/h2-9,18H,17H2,1H3. The highest BCUT2D eigenvalue weighted by Crippen LogP contribution is 2.27. The number of rotatable bonds is 4. The van der Waals surface area contributed by atoms with Gasteiger partial charge in [-0.15, -0.1) is 0 Å². The Balaban J connectivity index is 2.31. The summed E-state index contributed by atoms with van der Waals surface area (Å²) < 4.78 is 28.3. The summed E-state index contributed by atoms with van der Waals surface area (Å²) in [7, 11) is -3.73. The van der Waals surface area contributed by atoms with E-state index < -0.39 is 16.1 Å². The molecule has 4 nitrogen and oxygen atoms in total. The predicted octanol–water partition coefficient (Wildman–Crippen LogP) is 3.72. The van der Waals surface area contributed by atoms with Crippen LogP contribution in [0.3, 0.4) is 0 Å². The van der Waals surface area contributed by atoms with Crippen LogP contribution in [0, 0.1) is 0 Å². The van der Waals surface area contributed by atoms with Crippen LogP contribution in [0.5, 0.6) is 0 Å². The lowest BCUT2D eigenvalue weighted by atomic mass is 10.1. The molecular weight excluding hydrogens is 376 g/mol. The number of hydrogen-bond acceptors (Lipinski definition) is 3. The molecule has 112 valence electrons. The van der Waals surface area contributed by atoms with Crippen LogP contribution < -0.4 is 10.5 Å². The lowest BCUT2D eigenvalue weighted by molar-refractivity contribution is 0.566. The Labute approximate surface area is 137 Å². The quantitative estimate of drug-likeness (QED) is 0.783. The van der Waals surface area contributed by atoms with E-state index in [0.29, 0.717) is 5.69 Å². The van der Waals surface area contributed by atoms with Crippen molar-refractivity contribution in [3.8, 4) is 0 Å². The van der Waals surface area contributed by atoms with Gasteiger partial charge in [0.15, 0.2) is 0 Å². The number of benzene rings is 2. The second-order valence-corrected chi connectivity index (χ2v) is 7.50. The Kier molecular flexibility index (Phi) is 4.93. The molecule has 3 N–H and O–H groups in total. The van der Waals surface area contributed by atoms with Gasteiger partial charge in [0.1, 0.15) is 4.90 Å². The third kappa shape index (κ3) is 3.77. The van der Waals surface area contributed by atoms with Gasteiger partial charge in [0, 0.05) is 16.2 Å². The predicted molar refractivity (Wildman–Crippen MR) is 88.7 cm³/mol. The first-order valence-electron chi connectivity index (χ1n) is 6.13. The molecule has 21 heavy (non-hydrogen) atoms. The van der Waals surface area contributed by atoms with Crippen molar-refractivity contribution in [2.45, 2.75) is 17.9 Å². The van der Waals surface area contributed by atoms with Crippen LogP contribution in [0.4, 0.5) is 5.69 Å². The van der Waals surface area contributed by atoms with Crippen molar-refractivity contribution >= 4 is 43.2 Å². The normalized spacial score (nSPS) is 13.1. The largest absolute Gasteiger partial charge is 0.399 e. The molecule has 0 aliphatic heterocycles. The van der Waals surface area contributed by atoms with E-state index in [9.17, 15) is 8.42 Å². The van der Waals surface area contributed by atoms with Crippen LogP contribution in [0.25, 0.3) is 0 Å². The molecule has 1 atom stereocenters. The van der Waals surface area contributed by atoms with Gasteiger partial charge in [-0.25, -0.2) is 13.1 Å². The Bertz CT molecular complexity index is 765. The highest BCUT2D eigenvalue weighted by molar-refractivity contribution is 9.10. The molecule has 0 bridgehead atoms. The van der Waals surface area contributed by atoms with Gasteiger partial charge in [-0.3, -0.25) is 0 Å². The molecule has 0 aromatic heterocycles. The topological polar surface area (TPSA) is 72.2 Å². The zero-order valence-electron chi connectivity index (χ0n) is 11.2. The summed E-state index contributed by atoms with van der Waals surface area (Å²) in [5.74, 6) is 0. The zero-order valence-corrected chi connectivity index (χ0v) is 14.3. The van der Waals surface area contributed by atoms with Crippen LogP contribution in [0.1, 0.15) is 18.5 Å². The van der Waals surface area contributed by atoms with E-state index in [-0.39, 0.29) is 9.92 Å². The van der Waals surface area contributed by atoms with Gasteiger partial charge in [0.2, 0.25) is 10.0 Å². The number of nitrogen functional groups attached to an aromatic ring is 1. The van der Waals surface area contributed by atoms with Crippen molar-refractivity contribution in [3.05, 3.63) is 57.5 Å². The van der Waals surface area contributed by atoms with Gasteiger partial charge in [0.05, 0.1) is 5.02 Å². The van der Waals surface area contributed by atoms with E-state index >= 15 is 0 Å². The maximum Gasteiger partial charge on any atom is 0.242 e. The smallest absolute Gasteiger partial charge is 0.242 e. The van der Waals surface area contributed by atoms with E-state index in [2.05, 4.69) is 20.7 Å². The molecular formula is C14H14BrClN2O2S. The molecule has 0 fully saturated rings. The molecule has 7 heteroatoms. The average molecular weight is 390 g/mol. The fourth-order valence-electron chi connectivity index (χ4n) is 1.92. The summed E-state index contributed by atoms with van der Waals surface area (Å²) in [6.07, 6.45) is 0. The molecule has 2 rings (SSSR count). The fourth-order valence-corrected chi connectivity index (χ4v) is 4.33. The first kappa shape index (κ1) is 16.3. The fraction of sp³-hybridized carbons (Fsp3) is 0.143. The van der Waals surface area contributed by atoms with Crippen LogP contribution >= 0.6 is 27.5 Å². The van der Waals surface area contributed by atoms with Gasteiger partial charge >= 0.3 is 0 Å². The molecule has 0 saturated carbocycles. The minimum absolute atomic E-state index is 0.0114. The monoisotopic (exact) mass is 388 g/mol. The number of nitrogens with one attached hydrogen (secondary N) is 1. The van der Waals surface area contributed by atoms with Gasteiger partial charge in [-0.05, 0) is 36.8 Å². The number of nitrogens with two attached hydrogens (primary N) is 1. The van der Waals surface area contributed by atoms with Gasteiger partial charge < -0.3 is 5.73 Å². The lowest BCUT2D eigenvalue weighted by Crippen LogP contribution is -2.27. The Morgan fingerprint density at radius 1 is 1.24 bits per heavy atom. The molecule has 0 aliphatic carbocycles. The molecule has 1 unspecified atom stereocenters. The van der Waals surface area contributed by atoms with Gasteiger partial charge in [0.25, 0.3) is 0 Å². The van der Waals surface area contributed by atoms with Crippen molar-refractivity contribution in [2.75, 3.05) is 5.73 Å². The summed E-state index contributed by atoms with van der Waals surface area (Å²) in [6, 6.07) is 11.3. The molecule has 0 amide bonds. The summed E-state index contributed by atoms with van der Waals surface area (Å²) in [6.45, 7) is 1.77. The lowest BCUT2D eigenvalue weighted by Gasteiger charge is -2.16. The third-order valence-electron chi connectivity index (χ3n) is 2.95. The Morgan fingerprint density at radius 3 is 2.52 bits per heavy atom. The zero-order chi connectivity index (χ0) is 15.6. The van der Waals surface area contributed by atoms with Crippen LogP contribution in [0.15, 0.2) is 51.8 Å². The third-order valence-corrected chi connectivity index (χ3v) is 5.69. The van der Waals surface area contributed by atoms with E-state index in [1.165, 1.54) is 18.2 Å². The molecule has 2 aromatic rings. The minimum Gasteiger partial charge on any atom is -0.399 e. The Hall–Kier alpha value is -1.08. The van der Waals surface area contributed by atoms with E-state index in [0.717, 1.165) is 10.0 Å². The van der Waals surface area contributed by atoms with Gasteiger partial charge in [-0.2, -0.15) is 0 Å². The number of hydrogen-bond donors (Lipinski definition) is 2. The molecule has 0 radical (unpaired) electrons. The van der Waals surface area contributed by atoms with Crippen LogP contribution in [-0.2, 0) is 10.0 Å². The number of sulfonamides is 1. The van der Waals surface area contributed by atoms with Crippen molar-refractivity contribution < 1.29 is 8.42 Å². The Morgan fingerprint density at radius 2 is 1.90 bits per heavy atom. The van der Waals surface area contributed by atoms with Crippen molar-refractivity contribution in [3.63, 3.8) is 0 Å². The summed E-state index contributed by atoms with van der Waals surface area (Å²) in [5.41, 5.74) is 6.83. The summed E-state index contributed by atoms with van der Waals surface area (Å²) >= 11 is 9.37. The highest BCUT2D eigenvalue weighted by Gasteiger charge is 2.22. The molecule has 0 spiro atoms. The first-order valence-corrected chi connectivity index (χ1v) is 8.78. The van der Waals surface area contributed by atoms with Crippen LogP contribution in [0.2, 0.25) is 5.02 Å². The molecule has 0 heterocycles. The molecule has 0 saturated heterocycles. The van der Waals surface area contributed by atoms with Crippen molar-refractivity contribution in [1.29, 1.82) is 0 Å². The van der Waals surface area contributed by atoms with Crippen molar-refractivity contribution in [2.24, 2.45) is 0 Å². The van der Waals surface area contributed by atoms with E-state index in [1.807, 2.05) is 24.3 Å². The maximum atomic E-state index is 12.4. The summed E-state index contributed by atoms with van der Waals surface area (Å²) in [4.78, 5) is 0.0114. The maximum absolute atomic E-state index is 12.4. The first-order chi connectivity index (χ1) is 9.81. The SMILES string of the molecule is CC(NS(=O)(=O)c1ccc(N)cc1Cl)c1ccccc1Br. The van der Waals surface area contributed by atoms with E-state index in [4.69, 9.17) is 17.3 Å². The average Bonchev–Trinajstić information content (AvgIpc) is 2.37. The number of anilines is 1. The minimum atomic E-state index is -3.73. The van der Waals surface area contributed by atoms with Crippen LogP contribution in [-0.4, -0.2) is 8.42 Å². The second-order valence-electron chi connectivity index (χ2n) is 4.55. The van der Waals surface area contributed by atoms with Crippen molar-refractivity contribution in [1.82, 2.24) is 4.72 Å². The number of halogens is 2.